The second-order valence-electron chi connectivity index (χ2n) is 4.82. The first-order valence-electron chi connectivity index (χ1n) is 4.62. The third kappa shape index (κ3) is 0.652. The lowest BCUT2D eigenvalue weighted by Gasteiger charge is -2.29. The van der Waals surface area contributed by atoms with Gasteiger partial charge in [0.15, 0.2) is 0 Å². The van der Waals surface area contributed by atoms with Crippen molar-refractivity contribution in [3.63, 3.8) is 0 Å². The minimum absolute atomic E-state index is 0.532. The van der Waals surface area contributed by atoms with E-state index in [1.807, 2.05) is 0 Å². The molecule has 11 heavy (non-hydrogen) atoms. The molecular weight excluding hydrogens is 134 g/mol. The molecule has 0 amide bonds. The molecular formula is C10H15N. The second kappa shape index (κ2) is 1.56. The Bertz CT molecular complexity index is 233. The fourth-order valence-corrected chi connectivity index (χ4v) is 3.23. The van der Waals surface area contributed by atoms with Crippen molar-refractivity contribution >= 4 is 0 Å². The molecule has 0 aromatic rings. The molecule has 0 aromatic heterocycles. The number of fused-ring (bicyclic) bond motifs is 3. The summed E-state index contributed by atoms with van der Waals surface area (Å²) in [5, 5.41) is 0. The molecule has 1 aliphatic carbocycles. The van der Waals surface area contributed by atoms with Crippen LogP contribution in [0.15, 0.2) is 12.2 Å². The Morgan fingerprint density at radius 1 is 1.64 bits per heavy atom. The average Bonchev–Trinajstić information content (AvgIpc) is 2.46. The molecule has 0 bridgehead atoms. The summed E-state index contributed by atoms with van der Waals surface area (Å²) < 4.78 is 0. The van der Waals surface area contributed by atoms with E-state index in [2.05, 4.69) is 18.4 Å². The van der Waals surface area contributed by atoms with Gasteiger partial charge in [-0.2, -0.15) is 0 Å². The van der Waals surface area contributed by atoms with Gasteiger partial charge in [-0.05, 0) is 32.1 Å². The zero-order valence-electron chi connectivity index (χ0n) is 7.14. The Balaban J connectivity index is 1.96. The quantitative estimate of drug-likeness (QED) is 0.475. The van der Waals surface area contributed by atoms with Crippen molar-refractivity contribution in [2.75, 3.05) is 6.54 Å². The highest BCUT2D eigenvalue weighted by Crippen LogP contribution is 2.57. The van der Waals surface area contributed by atoms with Crippen LogP contribution in [0, 0.1) is 5.92 Å². The number of piperidine rings is 1. The second-order valence-corrected chi connectivity index (χ2v) is 4.82. The van der Waals surface area contributed by atoms with E-state index in [0.29, 0.717) is 5.54 Å². The first kappa shape index (κ1) is 6.24. The maximum absolute atomic E-state index is 4.09. The molecule has 2 aliphatic heterocycles. The van der Waals surface area contributed by atoms with Crippen molar-refractivity contribution in [3.8, 4) is 0 Å². The fraction of sp³-hybridized carbons (Fsp3) is 0.800. The van der Waals surface area contributed by atoms with Gasteiger partial charge in [0.05, 0.1) is 0 Å². The van der Waals surface area contributed by atoms with Crippen LogP contribution in [0.1, 0.15) is 26.2 Å². The van der Waals surface area contributed by atoms with E-state index in [1.165, 1.54) is 31.4 Å². The van der Waals surface area contributed by atoms with E-state index in [4.69, 9.17) is 0 Å². The van der Waals surface area contributed by atoms with Crippen LogP contribution in [0.4, 0.5) is 0 Å². The number of hydrogen-bond acceptors (Lipinski definition) is 1. The summed E-state index contributed by atoms with van der Waals surface area (Å²) in [6.07, 6.45) is 4.18. The van der Waals surface area contributed by atoms with E-state index in [-0.39, 0.29) is 0 Å². The Labute approximate surface area is 68.1 Å². The topological polar surface area (TPSA) is 3.24 Å². The third-order valence-corrected chi connectivity index (χ3v) is 3.71. The largest absolute Gasteiger partial charge is 0.290 e. The predicted octanol–water partition coefficient (Wildman–Crippen LogP) is 1.80. The number of rotatable bonds is 0. The summed E-state index contributed by atoms with van der Waals surface area (Å²) in [6, 6.07) is 0.958. The molecule has 1 saturated carbocycles. The van der Waals surface area contributed by atoms with Crippen LogP contribution in [0.3, 0.4) is 0 Å². The normalized spacial score (nSPS) is 54.5. The average molecular weight is 149 g/mol. The lowest BCUT2D eigenvalue weighted by Crippen LogP contribution is -2.37. The molecule has 3 rings (SSSR count). The predicted molar refractivity (Wildman–Crippen MR) is 45.4 cm³/mol. The summed E-state index contributed by atoms with van der Waals surface area (Å²) in [5.74, 6) is 1.06. The minimum Gasteiger partial charge on any atom is -0.290 e. The van der Waals surface area contributed by atoms with Crippen molar-refractivity contribution in [3.05, 3.63) is 12.2 Å². The summed E-state index contributed by atoms with van der Waals surface area (Å²) in [5.41, 5.74) is 1.99. The number of hydrogen-bond donors (Lipinski definition) is 0. The lowest BCUT2D eigenvalue weighted by atomic mass is 9.93. The fourth-order valence-electron chi connectivity index (χ4n) is 3.23. The lowest BCUT2D eigenvalue weighted by molar-refractivity contribution is 0.181. The molecule has 3 aliphatic rings. The summed E-state index contributed by atoms with van der Waals surface area (Å²) >= 11 is 0. The zero-order valence-corrected chi connectivity index (χ0v) is 7.14. The smallest absolute Gasteiger partial charge is 0.0228 e. The Morgan fingerprint density at radius 3 is 3.18 bits per heavy atom. The third-order valence-electron chi connectivity index (χ3n) is 3.71. The minimum atomic E-state index is 0.532. The van der Waals surface area contributed by atoms with Crippen LogP contribution in [0.2, 0.25) is 0 Å². The van der Waals surface area contributed by atoms with Crippen molar-refractivity contribution in [2.24, 2.45) is 5.92 Å². The Kier molecular flexibility index (Phi) is 0.885. The monoisotopic (exact) mass is 149 g/mol. The molecule has 0 aromatic carbocycles. The highest BCUT2D eigenvalue weighted by molar-refractivity contribution is 5.23. The van der Waals surface area contributed by atoms with Crippen LogP contribution >= 0.6 is 0 Å². The molecule has 3 atom stereocenters. The van der Waals surface area contributed by atoms with Gasteiger partial charge < -0.3 is 0 Å². The van der Waals surface area contributed by atoms with Crippen LogP contribution in [0.5, 0.6) is 0 Å². The van der Waals surface area contributed by atoms with Gasteiger partial charge in [-0.25, -0.2) is 0 Å². The molecule has 60 valence electrons. The SMILES string of the molecule is C=C1CN2[C@@H]3C[C@@H]3C[C@@]2(C)C1. The van der Waals surface area contributed by atoms with Crippen molar-refractivity contribution < 1.29 is 0 Å². The maximum atomic E-state index is 4.09. The van der Waals surface area contributed by atoms with Gasteiger partial charge in [-0.1, -0.05) is 12.2 Å². The van der Waals surface area contributed by atoms with Gasteiger partial charge in [0, 0.05) is 18.1 Å². The van der Waals surface area contributed by atoms with Crippen LogP contribution < -0.4 is 0 Å². The summed E-state index contributed by atoms with van der Waals surface area (Å²) in [7, 11) is 0. The molecule has 0 spiro atoms. The maximum Gasteiger partial charge on any atom is 0.0228 e. The van der Waals surface area contributed by atoms with Crippen LogP contribution in [0.25, 0.3) is 0 Å². The van der Waals surface area contributed by atoms with Gasteiger partial charge in [0.25, 0.3) is 0 Å². The Morgan fingerprint density at radius 2 is 2.45 bits per heavy atom. The van der Waals surface area contributed by atoms with Gasteiger partial charge in [0.2, 0.25) is 0 Å². The highest BCUT2D eigenvalue weighted by atomic mass is 15.3. The first-order chi connectivity index (χ1) is 5.19. The van der Waals surface area contributed by atoms with E-state index < -0.39 is 0 Å². The molecule has 0 unspecified atom stereocenters. The summed E-state index contributed by atoms with van der Waals surface area (Å²) in [4.78, 5) is 2.69. The van der Waals surface area contributed by atoms with Gasteiger partial charge in [-0.3, -0.25) is 4.90 Å². The van der Waals surface area contributed by atoms with E-state index in [0.717, 1.165) is 12.0 Å². The van der Waals surface area contributed by atoms with Crippen molar-refractivity contribution in [1.82, 2.24) is 4.90 Å². The number of nitrogens with zero attached hydrogens (tertiary/aromatic N) is 1. The standard InChI is InChI=1S/C10H15N/c1-7-4-10(2)5-8-3-9(8)11(10)6-7/h8-9H,1,3-6H2,2H3/t8-,9-,10-/m1/s1. The van der Waals surface area contributed by atoms with E-state index in [1.54, 1.807) is 0 Å². The van der Waals surface area contributed by atoms with E-state index in [9.17, 15) is 0 Å². The molecule has 0 radical (unpaired) electrons. The molecule has 2 heterocycles. The zero-order chi connectivity index (χ0) is 7.64. The summed E-state index contributed by atoms with van der Waals surface area (Å²) in [6.45, 7) is 7.70. The molecule has 0 N–H and O–H groups in total. The van der Waals surface area contributed by atoms with Gasteiger partial charge >= 0.3 is 0 Å². The van der Waals surface area contributed by atoms with E-state index >= 15 is 0 Å². The van der Waals surface area contributed by atoms with Crippen LogP contribution in [-0.2, 0) is 0 Å². The molecule has 3 fully saturated rings. The van der Waals surface area contributed by atoms with Gasteiger partial charge in [-0.15, -0.1) is 0 Å². The van der Waals surface area contributed by atoms with Crippen molar-refractivity contribution in [2.45, 2.75) is 37.8 Å². The van der Waals surface area contributed by atoms with Gasteiger partial charge in [0.1, 0.15) is 0 Å². The van der Waals surface area contributed by atoms with Crippen molar-refractivity contribution in [1.29, 1.82) is 0 Å². The molecule has 2 saturated heterocycles. The van der Waals surface area contributed by atoms with Crippen LogP contribution in [-0.4, -0.2) is 23.0 Å². The highest BCUT2D eigenvalue weighted by Gasteiger charge is 2.59. The first-order valence-corrected chi connectivity index (χ1v) is 4.62. The molecule has 1 nitrogen and oxygen atoms in total. The Hall–Kier alpha value is -0.300. The molecule has 1 heteroatoms.